The summed E-state index contributed by atoms with van der Waals surface area (Å²) in [4.78, 5) is 2.30. The average molecular weight is 266 g/mol. The van der Waals surface area contributed by atoms with Crippen molar-refractivity contribution in [2.24, 2.45) is 0 Å². The van der Waals surface area contributed by atoms with Gasteiger partial charge in [-0.3, -0.25) is 0 Å². The molecule has 0 bridgehead atoms. The Labute approximate surface area is 121 Å². The van der Waals surface area contributed by atoms with E-state index in [1.807, 2.05) is 0 Å². The lowest BCUT2D eigenvalue weighted by molar-refractivity contribution is 0.335. The predicted molar refractivity (Wildman–Crippen MR) is 84.7 cm³/mol. The van der Waals surface area contributed by atoms with Crippen molar-refractivity contribution in [2.75, 3.05) is 20.1 Å². The van der Waals surface area contributed by atoms with Crippen LogP contribution in [-0.4, -0.2) is 25.0 Å². The zero-order chi connectivity index (χ0) is 14.4. The SMILES string of the molecule is Cc1ccc2cc(CCN(C)CCCC#N)ccc2c1. The first-order chi connectivity index (χ1) is 9.69. The molecule has 0 saturated carbocycles. The fraction of sp³-hybridized carbons (Fsp3) is 0.389. The summed E-state index contributed by atoms with van der Waals surface area (Å²) in [6, 6.07) is 15.5. The van der Waals surface area contributed by atoms with Gasteiger partial charge in [-0.25, -0.2) is 0 Å². The predicted octanol–water partition coefficient (Wildman–Crippen LogP) is 3.93. The second-order valence-corrected chi connectivity index (χ2v) is 5.50. The lowest BCUT2D eigenvalue weighted by atomic mass is 10.0. The van der Waals surface area contributed by atoms with E-state index in [0.29, 0.717) is 6.42 Å². The summed E-state index contributed by atoms with van der Waals surface area (Å²) in [6.07, 6.45) is 2.68. The topological polar surface area (TPSA) is 27.0 Å². The number of hydrogen-bond donors (Lipinski definition) is 0. The molecule has 0 unspecified atom stereocenters. The summed E-state index contributed by atoms with van der Waals surface area (Å²) >= 11 is 0. The highest BCUT2D eigenvalue weighted by Gasteiger charge is 2.01. The van der Waals surface area contributed by atoms with Crippen molar-refractivity contribution in [2.45, 2.75) is 26.2 Å². The summed E-state index contributed by atoms with van der Waals surface area (Å²) in [5.41, 5.74) is 2.69. The Morgan fingerprint density at radius 2 is 1.80 bits per heavy atom. The van der Waals surface area contributed by atoms with Crippen LogP contribution in [0.15, 0.2) is 36.4 Å². The van der Waals surface area contributed by atoms with Gasteiger partial charge in [0.2, 0.25) is 0 Å². The normalized spacial score (nSPS) is 10.9. The van der Waals surface area contributed by atoms with Crippen LogP contribution in [-0.2, 0) is 6.42 Å². The Kier molecular flexibility index (Phi) is 5.15. The largest absolute Gasteiger partial charge is 0.306 e. The number of hydrogen-bond acceptors (Lipinski definition) is 2. The molecule has 2 nitrogen and oxygen atoms in total. The second-order valence-electron chi connectivity index (χ2n) is 5.50. The molecule has 0 heterocycles. The first-order valence-electron chi connectivity index (χ1n) is 7.24. The van der Waals surface area contributed by atoms with Gasteiger partial charge < -0.3 is 4.90 Å². The summed E-state index contributed by atoms with van der Waals surface area (Å²) in [5.74, 6) is 0. The number of fused-ring (bicyclic) bond motifs is 1. The highest BCUT2D eigenvalue weighted by molar-refractivity contribution is 5.83. The van der Waals surface area contributed by atoms with Crippen molar-refractivity contribution < 1.29 is 0 Å². The van der Waals surface area contributed by atoms with E-state index >= 15 is 0 Å². The van der Waals surface area contributed by atoms with Crippen LogP contribution in [0.2, 0.25) is 0 Å². The maximum Gasteiger partial charge on any atom is 0.0622 e. The Morgan fingerprint density at radius 3 is 2.60 bits per heavy atom. The van der Waals surface area contributed by atoms with E-state index in [1.54, 1.807) is 0 Å². The second kappa shape index (κ2) is 7.07. The van der Waals surface area contributed by atoms with Gasteiger partial charge in [-0.15, -0.1) is 0 Å². The Balaban J connectivity index is 1.93. The number of rotatable bonds is 6. The number of unbranched alkanes of at least 4 members (excludes halogenated alkanes) is 1. The molecule has 104 valence electrons. The van der Waals surface area contributed by atoms with Crippen LogP contribution in [0.1, 0.15) is 24.0 Å². The molecule has 0 N–H and O–H groups in total. The Hall–Kier alpha value is -1.85. The van der Waals surface area contributed by atoms with E-state index < -0.39 is 0 Å². The molecule has 0 aliphatic heterocycles. The van der Waals surface area contributed by atoms with E-state index in [1.165, 1.54) is 21.9 Å². The summed E-state index contributed by atoms with van der Waals surface area (Å²) in [6.45, 7) is 4.17. The maximum atomic E-state index is 8.54. The molecule has 0 aromatic heterocycles. The van der Waals surface area contributed by atoms with Gasteiger partial charge >= 0.3 is 0 Å². The maximum absolute atomic E-state index is 8.54. The fourth-order valence-corrected chi connectivity index (χ4v) is 2.43. The number of likely N-dealkylation sites (N-methyl/N-ethyl adjacent to an activating group) is 1. The fourth-order valence-electron chi connectivity index (χ4n) is 2.43. The van der Waals surface area contributed by atoms with Crippen molar-refractivity contribution in [3.05, 3.63) is 47.5 Å². The van der Waals surface area contributed by atoms with Gasteiger partial charge in [0.15, 0.2) is 0 Å². The minimum absolute atomic E-state index is 0.652. The van der Waals surface area contributed by atoms with Crippen molar-refractivity contribution in [3.8, 4) is 6.07 Å². The van der Waals surface area contributed by atoms with Gasteiger partial charge in [-0.05, 0) is 49.7 Å². The number of aryl methyl sites for hydroxylation is 1. The average Bonchev–Trinajstić information content (AvgIpc) is 2.45. The molecule has 0 aliphatic carbocycles. The summed E-state index contributed by atoms with van der Waals surface area (Å²) < 4.78 is 0. The first kappa shape index (κ1) is 14.6. The van der Waals surface area contributed by atoms with E-state index in [4.69, 9.17) is 5.26 Å². The summed E-state index contributed by atoms with van der Waals surface area (Å²) in [7, 11) is 2.13. The molecule has 0 amide bonds. The molecule has 0 fully saturated rings. The lowest BCUT2D eigenvalue weighted by Crippen LogP contribution is -2.22. The van der Waals surface area contributed by atoms with Crippen LogP contribution in [0.5, 0.6) is 0 Å². The van der Waals surface area contributed by atoms with Crippen LogP contribution in [0, 0.1) is 18.3 Å². The molecular weight excluding hydrogens is 244 g/mol. The van der Waals surface area contributed by atoms with Gasteiger partial charge in [0.1, 0.15) is 0 Å². The third kappa shape index (κ3) is 4.08. The zero-order valence-electron chi connectivity index (χ0n) is 12.4. The van der Waals surface area contributed by atoms with Crippen molar-refractivity contribution in [1.29, 1.82) is 5.26 Å². The van der Waals surface area contributed by atoms with E-state index in [9.17, 15) is 0 Å². The zero-order valence-corrected chi connectivity index (χ0v) is 12.4. The van der Waals surface area contributed by atoms with Crippen molar-refractivity contribution in [1.82, 2.24) is 4.90 Å². The minimum Gasteiger partial charge on any atom is -0.306 e. The monoisotopic (exact) mass is 266 g/mol. The molecule has 2 rings (SSSR count). The molecule has 0 atom stereocenters. The van der Waals surface area contributed by atoms with Crippen LogP contribution in [0.3, 0.4) is 0 Å². The molecular formula is C18H22N2. The van der Waals surface area contributed by atoms with Gasteiger partial charge in [-0.2, -0.15) is 5.26 Å². The van der Waals surface area contributed by atoms with Gasteiger partial charge in [0.05, 0.1) is 6.07 Å². The third-order valence-electron chi connectivity index (χ3n) is 3.67. The highest BCUT2D eigenvalue weighted by atomic mass is 15.1. The minimum atomic E-state index is 0.652. The van der Waals surface area contributed by atoms with E-state index in [0.717, 1.165) is 25.9 Å². The molecule has 0 radical (unpaired) electrons. The highest BCUT2D eigenvalue weighted by Crippen LogP contribution is 2.18. The number of benzene rings is 2. The quantitative estimate of drug-likeness (QED) is 0.741. The standard InChI is InChI=1S/C18H22N2/c1-15-5-7-18-14-16(6-8-17(18)13-15)9-12-20(2)11-4-3-10-19/h5-8,13-14H,3-4,9,11-12H2,1-2H3. The van der Waals surface area contributed by atoms with Gasteiger partial charge in [0, 0.05) is 13.0 Å². The van der Waals surface area contributed by atoms with Gasteiger partial charge in [-0.1, -0.05) is 42.0 Å². The number of nitriles is 1. The summed E-state index contributed by atoms with van der Waals surface area (Å²) in [5, 5.41) is 11.2. The van der Waals surface area contributed by atoms with E-state index in [2.05, 4.69) is 61.3 Å². The molecule has 2 heteroatoms. The Bertz CT molecular complexity index is 610. The molecule has 20 heavy (non-hydrogen) atoms. The van der Waals surface area contributed by atoms with Crippen molar-refractivity contribution in [3.63, 3.8) is 0 Å². The van der Waals surface area contributed by atoms with Crippen LogP contribution in [0.4, 0.5) is 0 Å². The molecule has 2 aromatic rings. The van der Waals surface area contributed by atoms with E-state index in [-0.39, 0.29) is 0 Å². The van der Waals surface area contributed by atoms with Gasteiger partial charge in [0.25, 0.3) is 0 Å². The smallest absolute Gasteiger partial charge is 0.0622 e. The number of nitrogens with zero attached hydrogens (tertiary/aromatic N) is 2. The van der Waals surface area contributed by atoms with Crippen LogP contribution < -0.4 is 0 Å². The first-order valence-corrected chi connectivity index (χ1v) is 7.24. The lowest BCUT2D eigenvalue weighted by Gasteiger charge is -2.15. The van der Waals surface area contributed by atoms with Crippen LogP contribution >= 0.6 is 0 Å². The molecule has 0 aliphatic rings. The third-order valence-corrected chi connectivity index (χ3v) is 3.67. The van der Waals surface area contributed by atoms with Crippen molar-refractivity contribution >= 4 is 10.8 Å². The molecule has 0 saturated heterocycles. The van der Waals surface area contributed by atoms with Crippen LogP contribution in [0.25, 0.3) is 10.8 Å². The molecule has 0 spiro atoms. The molecule has 2 aromatic carbocycles. The Morgan fingerprint density at radius 1 is 1.05 bits per heavy atom.